The minimum atomic E-state index is -0.385. The first-order valence-corrected chi connectivity index (χ1v) is 7.45. The second kappa shape index (κ2) is 7.04. The average Bonchev–Trinajstić information content (AvgIpc) is 3.28. The van der Waals surface area contributed by atoms with Gasteiger partial charge in [0, 0.05) is 19.1 Å². The molecular weight excluding hydrogens is 236 g/mol. The Morgan fingerprint density at radius 1 is 1.32 bits per heavy atom. The van der Waals surface area contributed by atoms with Crippen molar-refractivity contribution in [1.82, 2.24) is 4.90 Å². The van der Waals surface area contributed by atoms with E-state index in [1.54, 1.807) is 0 Å². The lowest BCUT2D eigenvalue weighted by Gasteiger charge is -2.25. The van der Waals surface area contributed by atoms with Gasteiger partial charge in [0.1, 0.15) is 0 Å². The molecule has 1 aliphatic rings. The number of hydrogen-bond acceptors (Lipinski definition) is 3. The van der Waals surface area contributed by atoms with Crippen LogP contribution in [-0.2, 0) is 6.54 Å². The van der Waals surface area contributed by atoms with Crippen LogP contribution >= 0.6 is 0 Å². The zero-order valence-corrected chi connectivity index (χ0v) is 11.9. The minimum Gasteiger partial charge on any atom is -0.387 e. The molecule has 0 amide bonds. The van der Waals surface area contributed by atoms with Gasteiger partial charge >= 0.3 is 0 Å². The fourth-order valence-corrected chi connectivity index (χ4v) is 2.43. The third-order valence-electron chi connectivity index (χ3n) is 3.87. The van der Waals surface area contributed by atoms with Gasteiger partial charge in [-0.3, -0.25) is 4.90 Å². The molecule has 0 heterocycles. The van der Waals surface area contributed by atoms with Crippen molar-refractivity contribution in [2.24, 2.45) is 5.73 Å². The second-order valence-corrected chi connectivity index (χ2v) is 5.54. The van der Waals surface area contributed by atoms with E-state index in [4.69, 9.17) is 5.73 Å². The maximum Gasteiger partial charge on any atom is 0.0917 e. The van der Waals surface area contributed by atoms with E-state index in [0.29, 0.717) is 12.6 Å². The predicted molar refractivity (Wildman–Crippen MR) is 78.8 cm³/mol. The SMILES string of the molecule is CCCCN(CC(O)c1ccc(CN)cc1)C1CC1. The number of rotatable bonds is 8. The molecule has 3 N–H and O–H groups in total. The quantitative estimate of drug-likeness (QED) is 0.756. The van der Waals surface area contributed by atoms with Crippen molar-refractivity contribution in [3.8, 4) is 0 Å². The Balaban J connectivity index is 1.91. The predicted octanol–water partition coefficient (Wildman–Crippen LogP) is 2.44. The molecule has 3 nitrogen and oxygen atoms in total. The number of nitrogens with zero attached hydrogens (tertiary/aromatic N) is 1. The molecule has 0 bridgehead atoms. The molecule has 0 spiro atoms. The maximum absolute atomic E-state index is 10.4. The number of nitrogens with two attached hydrogens (primary N) is 1. The van der Waals surface area contributed by atoms with Gasteiger partial charge in [0.2, 0.25) is 0 Å². The van der Waals surface area contributed by atoms with Crippen LogP contribution in [-0.4, -0.2) is 29.1 Å². The van der Waals surface area contributed by atoms with Crippen molar-refractivity contribution in [2.75, 3.05) is 13.1 Å². The summed E-state index contributed by atoms with van der Waals surface area (Å²) in [4.78, 5) is 2.45. The summed E-state index contributed by atoms with van der Waals surface area (Å²) in [7, 11) is 0. The van der Waals surface area contributed by atoms with E-state index >= 15 is 0 Å². The smallest absolute Gasteiger partial charge is 0.0917 e. The topological polar surface area (TPSA) is 49.5 Å². The maximum atomic E-state index is 10.4. The Bertz CT molecular complexity index is 373. The van der Waals surface area contributed by atoms with Crippen molar-refractivity contribution < 1.29 is 5.11 Å². The first kappa shape index (κ1) is 14.5. The van der Waals surface area contributed by atoms with Crippen LogP contribution in [0.1, 0.15) is 49.8 Å². The van der Waals surface area contributed by atoms with Gasteiger partial charge in [0.05, 0.1) is 6.10 Å². The molecule has 19 heavy (non-hydrogen) atoms. The molecule has 106 valence electrons. The van der Waals surface area contributed by atoms with Gasteiger partial charge in [-0.05, 0) is 36.9 Å². The van der Waals surface area contributed by atoms with Crippen LogP contribution in [0.25, 0.3) is 0 Å². The Labute approximate surface area is 116 Å². The van der Waals surface area contributed by atoms with Gasteiger partial charge in [-0.15, -0.1) is 0 Å². The average molecular weight is 262 g/mol. The number of aliphatic hydroxyl groups is 1. The fourth-order valence-electron chi connectivity index (χ4n) is 2.43. The van der Waals surface area contributed by atoms with Crippen LogP contribution in [0, 0.1) is 0 Å². The largest absolute Gasteiger partial charge is 0.387 e. The van der Waals surface area contributed by atoms with Crippen molar-refractivity contribution >= 4 is 0 Å². The van der Waals surface area contributed by atoms with Gasteiger partial charge in [-0.25, -0.2) is 0 Å². The summed E-state index contributed by atoms with van der Waals surface area (Å²) < 4.78 is 0. The van der Waals surface area contributed by atoms with Crippen molar-refractivity contribution in [1.29, 1.82) is 0 Å². The van der Waals surface area contributed by atoms with Crippen molar-refractivity contribution in [3.05, 3.63) is 35.4 Å². The molecular formula is C16H26N2O. The number of hydrogen-bond donors (Lipinski definition) is 2. The van der Waals surface area contributed by atoms with Crippen LogP contribution < -0.4 is 5.73 Å². The Morgan fingerprint density at radius 3 is 2.53 bits per heavy atom. The van der Waals surface area contributed by atoms with Crippen LogP contribution in [0.4, 0.5) is 0 Å². The molecule has 2 rings (SSSR count). The third kappa shape index (κ3) is 4.30. The highest BCUT2D eigenvalue weighted by Crippen LogP contribution is 2.29. The van der Waals surface area contributed by atoms with Crippen LogP contribution in [0.5, 0.6) is 0 Å². The van der Waals surface area contributed by atoms with Gasteiger partial charge in [0.25, 0.3) is 0 Å². The molecule has 0 saturated heterocycles. The molecule has 3 heteroatoms. The first-order valence-electron chi connectivity index (χ1n) is 7.45. The van der Waals surface area contributed by atoms with Gasteiger partial charge in [-0.1, -0.05) is 37.6 Å². The highest BCUT2D eigenvalue weighted by atomic mass is 16.3. The molecule has 0 radical (unpaired) electrons. The van der Waals surface area contributed by atoms with Gasteiger partial charge in [-0.2, -0.15) is 0 Å². The molecule has 0 aromatic heterocycles. The standard InChI is InChI=1S/C16H26N2O/c1-2-3-10-18(15-8-9-15)12-16(19)14-6-4-13(11-17)5-7-14/h4-7,15-16,19H,2-3,8-12,17H2,1H3. The zero-order chi connectivity index (χ0) is 13.7. The summed E-state index contributed by atoms with van der Waals surface area (Å²) in [5.74, 6) is 0. The minimum absolute atomic E-state index is 0.385. The highest BCUT2D eigenvalue weighted by Gasteiger charge is 2.29. The Morgan fingerprint density at radius 2 is 2.00 bits per heavy atom. The van der Waals surface area contributed by atoms with Crippen molar-refractivity contribution in [3.63, 3.8) is 0 Å². The summed E-state index contributed by atoms with van der Waals surface area (Å²) >= 11 is 0. The summed E-state index contributed by atoms with van der Waals surface area (Å²) in [6, 6.07) is 8.72. The lowest BCUT2D eigenvalue weighted by molar-refractivity contribution is 0.107. The van der Waals surface area contributed by atoms with E-state index in [1.165, 1.54) is 25.7 Å². The monoisotopic (exact) mass is 262 g/mol. The Hall–Kier alpha value is -0.900. The normalized spacial score (nSPS) is 16.8. The fraction of sp³-hybridized carbons (Fsp3) is 0.625. The molecule has 1 aliphatic carbocycles. The molecule has 1 fully saturated rings. The lowest BCUT2D eigenvalue weighted by Crippen LogP contribution is -2.31. The summed E-state index contributed by atoms with van der Waals surface area (Å²) in [6.07, 6.45) is 4.63. The first-order chi connectivity index (χ1) is 9.24. The van der Waals surface area contributed by atoms with Crippen LogP contribution in [0.2, 0.25) is 0 Å². The van der Waals surface area contributed by atoms with E-state index in [2.05, 4.69) is 11.8 Å². The number of benzene rings is 1. The summed E-state index contributed by atoms with van der Waals surface area (Å²) in [5.41, 5.74) is 7.70. The van der Waals surface area contributed by atoms with Gasteiger partial charge in [0.15, 0.2) is 0 Å². The van der Waals surface area contributed by atoms with E-state index in [1.807, 2.05) is 24.3 Å². The van der Waals surface area contributed by atoms with E-state index in [-0.39, 0.29) is 6.10 Å². The summed E-state index contributed by atoms with van der Waals surface area (Å²) in [6.45, 7) is 4.64. The van der Waals surface area contributed by atoms with Gasteiger partial charge < -0.3 is 10.8 Å². The molecule has 1 atom stereocenters. The second-order valence-electron chi connectivity index (χ2n) is 5.54. The third-order valence-corrected chi connectivity index (χ3v) is 3.87. The molecule has 0 aliphatic heterocycles. The lowest BCUT2D eigenvalue weighted by atomic mass is 10.1. The van der Waals surface area contributed by atoms with E-state index < -0.39 is 0 Å². The highest BCUT2D eigenvalue weighted by molar-refractivity contribution is 5.24. The molecule has 1 aromatic carbocycles. The van der Waals surface area contributed by atoms with Crippen molar-refractivity contribution in [2.45, 2.75) is 51.3 Å². The Kier molecular flexibility index (Phi) is 5.37. The van der Waals surface area contributed by atoms with Crippen LogP contribution in [0.3, 0.4) is 0 Å². The molecule has 1 unspecified atom stereocenters. The van der Waals surface area contributed by atoms with E-state index in [9.17, 15) is 5.11 Å². The summed E-state index contributed by atoms with van der Waals surface area (Å²) in [5, 5.41) is 10.4. The molecule has 1 saturated carbocycles. The zero-order valence-electron chi connectivity index (χ0n) is 11.9. The number of aliphatic hydroxyl groups excluding tert-OH is 1. The van der Waals surface area contributed by atoms with E-state index in [0.717, 1.165) is 24.2 Å². The number of unbranched alkanes of at least 4 members (excludes halogenated alkanes) is 1. The van der Waals surface area contributed by atoms with Crippen LogP contribution in [0.15, 0.2) is 24.3 Å². The molecule has 1 aromatic rings.